The lowest BCUT2D eigenvalue weighted by molar-refractivity contribution is 0.574. The molecule has 2 aromatic rings. The van der Waals surface area contributed by atoms with Crippen LogP contribution in [0.2, 0.25) is 0 Å². The van der Waals surface area contributed by atoms with Crippen LogP contribution in [0.5, 0.6) is 0 Å². The lowest BCUT2D eigenvalue weighted by Gasteiger charge is -2.12. The molecule has 0 amide bonds. The topological polar surface area (TPSA) is 133 Å². The summed E-state index contributed by atoms with van der Waals surface area (Å²) in [6.45, 7) is 0.458. The zero-order valence-corrected chi connectivity index (χ0v) is 13.1. The third kappa shape index (κ3) is 3.25. The number of anilines is 1. The zero-order chi connectivity index (χ0) is 15.7. The molecular weight excluding hydrogens is 328 g/mol. The van der Waals surface area contributed by atoms with Crippen molar-refractivity contribution in [2.24, 2.45) is 5.92 Å². The number of aromatic nitrogens is 4. The van der Waals surface area contributed by atoms with E-state index in [2.05, 4.69) is 30.6 Å². The van der Waals surface area contributed by atoms with Gasteiger partial charge in [-0.2, -0.15) is 4.98 Å². The first-order chi connectivity index (χ1) is 10.4. The van der Waals surface area contributed by atoms with E-state index in [-0.39, 0.29) is 39.7 Å². The van der Waals surface area contributed by atoms with Gasteiger partial charge in [0.1, 0.15) is 0 Å². The molecule has 4 N–H and O–H groups in total. The quantitative estimate of drug-likeness (QED) is 0.542. The maximum atomic E-state index is 11.7. The molecule has 0 bridgehead atoms. The number of hydrogen-bond donors (Lipinski definition) is 4. The molecule has 0 unspecified atom stereocenters. The highest BCUT2D eigenvalue weighted by atomic mass is 32.2. The van der Waals surface area contributed by atoms with Crippen molar-refractivity contribution in [1.82, 2.24) is 25.3 Å². The number of thiocarbonyl (C=S) groups is 1. The van der Waals surface area contributed by atoms with E-state index in [1.807, 2.05) is 0 Å². The van der Waals surface area contributed by atoms with Gasteiger partial charge < -0.3 is 15.6 Å². The van der Waals surface area contributed by atoms with Gasteiger partial charge in [0.25, 0.3) is 5.56 Å². The summed E-state index contributed by atoms with van der Waals surface area (Å²) in [4.78, 5) is 25.0. The van der Waals surface area contributed by atoms with Crippen LogP contribution in [0.4, 0.5) is 5.95 Å². The number of aromatic amines is 2. The van der Waals surface area contributed by atoms with Crippen molar-refractivity contribution in [2.75, 3.05) is 23.4 Å². The number of nitrogens with zero attached hydrogens (tertiary/aromatic N) is 2. The SMILES string of the molecule is O=c1[nH]c(NC(=S)NC[C@H]2CCS(=O)(=O)C2)nc2nc[nH]c12. The minimum absolute atomic E-state index is 0.0468. The number of hydrogen-bond acceptors (Lipinski definition) is 6. The summed E-state index contributed by atoms with van der Waals surface area (Å²) in [5.74, 6) is 0.632. The molecule has 3 rings (SSSR count). The maximum absolute atomic E-state index is 11.7. The summed E-state index contributed by atoms with van der Waals surface area (Å²) < 4.78 is 22.8. The van der Waals surface area contributed by atoms with Crippen LogP contribution in [0.1, 0.15) is 6.42 Å². The van der Waals surface area contributed by atoms with Crippen molar-refractivity contribution >= 4 is 44.3 Å². The lowest BCUT2D eigenvalue weighted by atomic mass is 10.1. The summed E-state index contributed by atoms with van der Waals surface area (Å²) in [5, 5.41) is 5.96. The molecule has 0 spiro atoms. The van der Waals surface area contributed by atoms with Crippen LogP contribution in [0.3, 0.4) is 0 Å². The van der Waals surface area contributed by atoms with Crippen molar-refractivity contribution in [3.05, 3.63) is 16.7 Å². The van der Waals surface area contributed by atoms with Gasteiger partial charge in [-0.1, -0.05) is 0 Å². The van der Waals surface area contributed by atoms with E-state index in [1.54, 1.807) is 0 Å². The lowest BCUT2D eigenvalue weighted by Crippen LogP contribution is -2.34. The molecule has 1 atom stereocenters. The van der Waals surface area contributed by atoms with Gasteiger partial charge in [-0.15, -0.1) is 0 Å². The Labute approximate surface area is 130 Å². The molecular formula is C11H14N6O3S2. The monoisotopic (exact) mass is 342 g/mol. The van der Waals surface area contributed by atoms with Gasteiger partial charge in [-0.05, 0) is 24.6 Å². The van der Waals surface area contributed by atoms with Crippen molar-refractivity contribution in [1.29, 1.82) is 0 Å². The Balaban J connectivity index is 1.60. The summed E-state index contributed by atoms with van der Waals surface area (Å²) >= 11 is 5.11. The largest absolute Gasteiger partial charge is 0.362 e. The third-order valence-electron chi connectivity index (χ3n) is 3.41. The molecule has 1 fully saturated rings. The highest BCUT2D eigenvalue weighted by Gasteiger charge is 2.27. The molecule has 118 valence electrons. The molecule has 0 aliphatic carbocycles. The van der Waals surface area contributed by atoms with E-state index in [9.17, 15) is 13.2 Å². The van der Waals surface area contributed by atoms with Crippen LogP contribution in [0.15, 0.2) is 11.1 Å². The van der Waals surface area contributed by atoms with Gasteiger partial charge >= 0.3 is 0 Å². The third-order valence-corrected chi connectivity index (χ3v) is 5.49. The fourth-order valence-electron chi connectivity index (χ4n) is 2.32. The van der Waals surface area contributed by atoms with Gasteiger partial charge in [0, 0.05) is 6.54 Å². The van der Waals surface area contributed by atoms with E-state index >= 15 is 0 Å². The van der Waals surface area contributed by atoms with Gasteiger partial charge in [0.2, 0.25) is 5.95 Å². The number of sulfone groups is 1. The Morgan fingerprint density at radius 3 is 3.05 bits per heavy atom. The van der Waals surface area contributed by atoms with E-state index in [1.165, 1.54) is 6.33 Å². The summed E-state index contributed by atoms with van der Waals surface area (Å²) in [7, 11) is -2.90. The number of rotatable bonds is 3. The fourth-order valence-corrected chi connectivity index (χ4v) is 4.37. The predicted octanol–water partition coefficient (Wildman–Crippen LogP) is -0.633. The minimum atomic E-state index is -2.90. The molecule has 1 aliphatic heterocycles. The van der Waals surface area contributed by atoms with E-state index in [4.69, 9.17) is 12.2 Å². The molecule has 1 aliphatic rings. The number of H-pyrrole nitrogens is 2. The highest BCUT2D eigenvalue weighted by Crippen LogP contribution is 2.17. The Morgan fingerprint density at radius 2 is 2.32 bits per heavy atom. The maximum Gasteiger partial charge on any atom is 0.278 e. The summed E-state index contributed by atoms with van der Waals surface area (Å²) in [6, 6.07) is 0. The van der Waals surface area contributed by atoms with Gasteiger partial charge in [-0.3, -0.25) is 9.78 Å². The van der Waals surface area contributed by atoms with Gasteiger partial charge in [0.15, 0.2) is 26.1 Å². The second-order valence-corrected chi connectivity index (χ2v) is 7.76. The van der Waals surface area contributed by atoms with E-state index < -0.39 is 9.84 Å². The summed E-state index contributed by atoms with van der Waals surface area (Å²) in [6.07, 6.45) is 2.01. The standard InChI is InChI=1S/C11H14N6O3S2/c18-9-7-8(14-5-13-7)15-10(16-9)17-11(21)12-3-6-1-2-22(19,20)4-6/h5-6H,1-4H2,(H4,12,13,14,15,16,17,18,21)/t6-/m1/s1. The van der Waals surface area contributed by atoms with Crippen LogP contribution in [-0.2, 0) is 9.84 Å². The molecule has 11 heteroatoms. The molecule has 22 heavy (non-hydrogen) atoms. The van der Waals surface area contributed by atoms with Crippen LogP contribution in [0, 0.1) is 5.92 Å². The first-order valence-electron chi connectivity index (χ1n) is 6.61. The van der Waals surface area contributed by atoms with Crippen LogP contribution < -0.4 is 16.2 Å². The molecule has 0 aromatic carbocycles. The smallest absolute Gasteiger partial charge is 0.278 e. The first-order valence-corrected chi connectivity index (χ1v) is 8.84. The second-order valence-electron chi connectivity index (χ2n) is 5.12. The van der Waals surface area contributed by atoms with Crippen molar-refractivity contribution in [2.45, 2.75) is 6.42 Å². The Hall–Kier alpha value is -2.01. The first kappa shape index (κ1) is 14.9. The Kier molecular flexibility index (Phi) is 3.83. The zero-order valence-electron chi connectivity index (χ0n) is 11.4. The normalized spacial score (nSPS) is 20.1. The average Bonchev–Trinajstić information content (AvgIpc) is 3.03. The average molecular weight is 342 g/mol. The molecule has 1 saturated heterocycles. The van der Waals surface area contributed by atoms with Crippen LogP contribution >= 0.6 is 12.2 Å². The molecule has 2 aromatic heterocycles. The van der Waals surface area contributed by atoms with Gasteiger partial charge in [-0.25, -0.2) is 13.4 Å². The van der Waals surface area contributed by atoms with E-state index in [0.29, 0.717) is 18.5 Å². The van der Waals surface area contributed by atoms with Crippen molar-refractivity contribution in [3.63, 3.8) is 0 Å². The minimum Gasteiger partial charge on any atom is -0.362 e. The molecule has 3 heterocycles. The van der Waals surface area contributed by atoms with Crippen LogP contribution in [-0.4, -0.2) is 51.5 Å². The number of nitrogens with one attached hydrogen (secondary N) is 4. The second kappa shape index (κ2) is 5.65. The predicted molar refractivity (Wildman–Crippen MR) is 85.5 cm³/mol. The summed E-state index contributed by atoms with van der Waals surface area (Å²) in [5.41, 5.74) is 0.228. The molecule has 9 nitrogen and oxygen atoms in total. The van der Waals surface area contributed by atoms with Crippen LogP contribution in [0.25, 0.3) is 11.2 Å². The number of fused-ring (bicyclic) bond motifs is 1. The Bertz CT molecular complexity index is 871. The van der Waals surface area contributed by atoms with Crippen molar-refractivity contribution in [3.8, 4) is 0 Å². The highest BCUT2D eigenvalue weighted by molar-refractivity contribution is 7.91. The van der Waals surface area contributed by atoms with Gasteiger partial charge in [0.05, 0.1) is 17.8 Å². The number of imidazole rings is 1. The fraction of sp³-hybridized carbons (Fsp3) is 0.455. The van der Waals surface area contributed by atoms with E-state index in [0.717, 1.165) is 0 Å². The Morgan fingerprint density at radius 1 is 1.50 bits per heavy atom. The molecule has 0 radical (unpaired) electrons. The molecule has 0 saturated carbocycles. The van der Waals surface area contributed by atoms with Crippen molar-refractivity contribution < 1.29 is 8.42 Å².